The molecule has 2 N–H and O–H groups in total. The SMILES string of the molecule is COc1nc(-c2c(C)c(Cl)cc3[nH]ncc23)c(F)c2nc(OC[C@]34CCC[C@H]3N(CC3COC3)CCC4)nc(N3CCOC[C@@](C)(O)C3)c12. The number of nitrogens with zero attached hydrogens (tertiary/aromatic N) is 6. The van der Waals surface area contributed by atoms with Crippen molar-refractivity contribution in [2.75, 3.05) is 71.2 Å². The number of nitrogens with one attached hydrogen (secondary N) is 1. The van der Waals surface area contributed by atoms with Crippen molar-refractivity contribution >= 4 is 39.2 Å². The summed E-state index contributed by atoms with van der Waals surface area (Å²) >= 11 is 6.62. The number of aromatic nitrogens is 5. The van der Waals surface area contributed by atoms with Gasteiger partial charge in [0.25, 0.3) is 0 Å². The van der Waals surface area contributed by atoms with Gasteiger partial charge in [-0.2, -0.15) is 15.1 Å². The van der Waals surface area contributed by atoms with E-state index in [-0.39, 0.29) is 41.7 Å². The van der Waals surface area contributed by atoms with Gasteiger partial charge in [0.05, 0.1) is 58.4 Å². The maximum Gasteiger partial charge on any atom is 0.319 e. The van der Waals surface area contributed by atoms with Gasteiger partial charge in [-0.05, 0) is 57.7 Å². The minimum atomic E-state index is -1.17. The van der Waals surface area contributed by atoms with E-state index in [2.05, 4.69) is 15.1 Å². The summed E-state index contributed by atoms with van der Waals surface area (Å²) < 4.78 is 40.8. The Morgan fingerprint density at radius 2 is 2.00 bits per heavy atom. The second kappa shape index (κ2) is 12.8. The summed E-state index contributed by atoms with van der Waals surface area (Å²) in [7, 11) is 1.49. The van der Waals surface area contributed by atoms with Crippen molar-refractivity contribution in [1.29, 1.82) is 0 Å². The maximum absolute atomic E-state index is 17.1. The van der Waals surface area contributed by atoms with Crippen molar-refractivity contribution in [2.45, 2.75) is 57.6 Å². The minimum absolute atomic E-state index is 0.0124. The number of hydrogen-bond donors (Lipinski definition) is 2. The Morgan fingerprint density at radius 1 is 1.16 bits per heavy atom. The van der Waals surface area contributed by atoms with Crippen molar-refractivity contribution in [3.05, 3.63) is 28.7 Å². The molecule has 0 bridgehead atoms. The summed E-state index contributed by atoms with van der Waals surface area (Å²) in [5.74, 6) is 0.447. The van der Waals surface area contributed by atoms with Gasteiger partial charge in [-0.15, -0.1) is 0 Å². The van der Waals surface area contributed by atoms with Crippen LogP contribution in [0.1, 0.15) is 44.6 Å². The van der Waals surface area contributed by atoms with Crippen LogP contribution in [-0.4, -0.2) is 113 Å². The van der Waals surface area contributed by atoms with Crippen LogP contribution in [-0.2, 0) is 9.47 Å². The lowest BCUT2D eigenvalue weighted by molar-refractivity contribution is -0.0731. The molecule has 4 aliphatic rings. The van der Waals surface area contributed by atoms with Gasteiger partial charge in [0.1, 0.15) is 28.0 Å². The van der Waals surface area contributed by atoms with Gasteiger partial charge in [-0.3, -0.25) is 10.00 Å². The molecule has 262 valence electrons. The van der Waals surface area contributed by atoms with Crippen molar-refractivity contribution in [2.24, 2.45) is 11.3 Å². The van der Waals surface area contributed by atoms with E-state index in [9.17, 15) is 5.11 Å². The standard InChI is InChI=1S/C35H43ClFN7O5/c1-20-23(36)12-24-22(13-38-42-24)26(20)29-28(37)30-27(32(39-29)46-3)31(44-10-11-47-18-34(2,45)17-44)41-33(40-30)49-19-35-7-4-6-25(35)43(9-5-8-35)14-21-15-48-16-21/h12-13,21,25,45H,4-11,14-19H2,1-3H3,(H,38,42)/t25-,34+,35-/m1/s1. The first-order chi connectivity index (χ1) is 23.7. The molecule has 6 heterocycles. The fraction of sp³-hybridized carbons (Fsp3) is 0.600. The zero-order chi connectivity index (χ0) is 33.9. The normalized spacial score (nSPS) is 26.6. The number of hydrogen-bond acceptors (Lipinski definition) is 11. The van der Waals surface area contributed by atoms with Crippen LogP contribution < -0.4 is 14.4 Å². The van der Waals surface area contributed by atoms with Gasteiger partial charge in [0.2, 0.25) is 5.88 Å². The third-order valence-electron chi connectivity index (χ3n) is 10.9. The number of anilines is 1. The van der Waals surface area contributed by atoms with E-state index in [1.165, 1.54) is 7.11 Å². The summed E-state index contributed by atoms with van der Waals surface area (Å²) in [5.41, 5.74) is 0.638. The highest BCUT2D eigenvalue weighted by Crippen LogP contribution is 2.49. The van der Waals surface area contributed by atoms with Crippen LogP contribution in [0.2, 0.25) is 5.02 Å². The fourth-order valence-electron chi connectivity index (χ4n) is 8.52. The molecule has 1 saturated carbocycles. The Hall–Kier alpha value is -3.36. The zero-order valence-electron chi connectivity index (χ0n) is 28.2. The molecule has 1 aliphatic carbocycles. The van der Waals surface area contributed by atoms with Gasteiger partial charge < -0.3 is 29.0 Å². The number of ether oxygens (including phenoxy) is 4. The van der Waals surface area contributed by atoms with Crippen LogP contribution in [0.5, 0.6) is 11.9 Å². The largest absolute Gasteiger partial charge is 0.480 e. The first-order valence-electron chi connectivity index (χ1n) is 17.2. The number of fused-ring (bicyclic) bond motifs is 3. The summed E-state index contributed by atoms with van der Waals surface area (Å²) in [6.07, 6.45) is 7.13. The number of aromatic amines is 1. The van der Waals surface area contributed by atoms with Crippen molar-refractivity contribution in [3.63, 3.8) is 0 Å². The first-order valence-corrected chi connectivity index (χ1v) is 17.6. The van der Waals surface area contributed by atoms with E-state index in [4.69, 9.17) is 45.5 Å². The predicted molar refractivity (Wildman–Crippen MR) is 183 cm³/mol. The summed E-state index contributed by atoms with van der Waals surface area (Å²) in [4.78, 5) is 18.9. The highest BCUT2D eigenvalue weighted by Gasteiger charge is 2.49. The zero-order valence-corrected chi connectivity index (χ0v) is 29.0. The highest BCUT2D eigenvalue weighted by atomic mass is 35.5. The number of pyridine rings is 1. The molecule has 12 nitrogen and oxygen atoms in total. The summed E-state index contributed by atoms with van der Waals surface area (Å²) in [6, 6.07) is 2.25. The van der Waals surface area contributed by atoms with E-state index in [1.54, 1.807) is 19.2 Å². The van der Waals surface area contributed by atoms with E-state index >= 15 is 4.39 Å². The van der Waals surface area contributed by atoms with Crippen molar-refractivity contribution in [3.8, 4) is 23.1 Å². The fourth-order valence-corrected chi connectivity index (χ4v) is 8.72. The average Bonchev–Trinajstić information content (AvgIpc) is 3.67. The van der Waals surface area contributed by atoms with Gasteiger partial charge in [-0.1, -0.05) is 18.0 Å². The molecule has 4 fully saturated rings. The second-order valence-corrected chi connectivity index (χ2v) is 15.0. The van der Waals surface area contributed by atoms with Crippen molar-refractivity contribution < 1.29 is 28.4 Å². The Balaban J connectivity index is 1.24. The molecule has 0 amide bonds. The number of aliphatic hydroxyl groups is 1. The molecular weight excluding hydrogens is 653 g/mol. The molecule has 3 saturated heterocycles. The second-order valence-electron chi connectivity index (χ2n) is 14.6. The number of H-pyrrole nitrogens is 1. The van der Waals surface area contributed by atoms with Gasteiger partial charge in [-0.25, -0.2) is 9.37 Å². The predicted octanol–water partition coefficient (Wildman–Crippen LogP) is 4.93. The van der Waals surface area contributed by atoms with Crippen LogP contribution in [0.15, 0.2) is 12.3 Å². The number of methoxy groups -OCH3 is 1. The molecule has 8 rings (SSSR count). The van der Waals surface area contributed by atoms with Crippen molar-refractivity contribution in [1.82, 2.24) is 30.0 Å². The monoisotopic (exact) mass is 695 g/mol. The molecule has 14 heteroatoms. The molecule has 49 heavy (non-hydrogen) atoms. The Bertz CT molecular complexity index is 1890. The number of rotatable bonds is 8. The van der Waals surface area contributed by atoms with E-state index in [1.807, 2.05) is 11.8 Å². The molecule has 3 aromatic heterocycles. The Morgan fingerprint density at radius 3 is 2.80 bits per heavy atom. The minimum Gasteiger partial charge on any atom is -0.480 e. The molecular formula is C35H43ClFN7O5. The molecule has 0 radical (unpaired) electrons. The number of benzene rings is 1. The van der Waals surface area contributed by atoms with Crippen LogP contribution in [0.3, 0.4) is 0 Å². The average molecular weight is 696 g/mol. The molecule has 3 aliphatic heterocycles. The van der Waals surface area contributed by atoms with E-state index in [0.29, 0.717) is 70.0 Å². The van der Waals surface area contributed by atoms with Gasteiger partial charge >= 0.3 is 6.01 Å². The van der Waals surface area contributed by atoms with Gasteiger partial charge in [0.15, 0.2) is 5.82 Å². The van der Waals surface area contributed by atoms with Crippen LogP contribution in [0.4, 0.5) is 10.2 Å². The van der Waals surface area contributed by atoms with Crippen LogP contribution in [0.25, 0.3) is 33.1 Å². The van der Waals surface area contributed by atoms with Gasteiger partial charge in [0, 0.05) is 46.4 Å². The molecule has 3 atom stereocenters. The third-order valence-corrected chi connectivity index (χ3v) is 11.3. The quantitative estimate of drug-likeness (QED) is 0.260. The molecule has 4 aromatic rings. The maximum atomic E-state index is 17.1. The number of β-amino-alcohol motifs (C(OH)–C–C–N with tert-alkyl or cyclic N) is 1. The smallest absolute Gasteiger partial charge is 0.319 e. The third kappa shape index (κ3) is 5.86. The topological polar surface area (TPSA) is 131 Å². The molecule has 1 aromatic carbocycles. The van der Waals surface area contributed by atoms with Crippen LogP contribution in [0, 0.1) is 24.1 Å². The lowest BCUT2D eigenvalue weighted by Crippen LogP contribution is -2.54. The lowest BCUT2D eigenvalue weighted by Gasteiger charge is -2.48. The summed E-state index contributed by atoms with van der Waals surface area (Å²) in [5, 5.41) is 19.6. The Kier molecular flexibility index (Phi) is 8.54. The van der Waals surface area contributed by atoms with E-state index < -0.39 is 11.4 Å². The number of halogens is 2. The summed E-state index contributed by atoms with van der Waals surface area (Å²) in [6.45, 7) is 8.88. The first kappa shape index (κ1) is 32.8. The highest BCUT2D eigenvalue weighted by molar-refractivity contribution is 6.33. The molecule has 0 spiro atoms. The molecule has 0 unspecified atom stereocenters. The van der Waals surface area contributed by atoms with E-state index in [0.717, 1.165) is 58.4 Å². The number of likely N-dealkylation sites (tertiary alicyclic amines) is 1. The van der Waals surface area contributed by atoms with Crippen LogP contribution >= 0.6 is 11.6 Å². The number of piperidine rings is 1. The lowest BCUT2D eigenvalue weighted by atomic mass is 9.75. The Labute approximate surface area is 289 Å².